The molecule has 1 saturated carbocycles. The predicted molar refractivity (Wildman–Crippen MR) is 114 cm³/mol. The molecular formula is C23H22N6O. The molecule has 0 spiro atoms. The van der Waals surface area contributed by atoms with Crippen LogP contribution in [0.1, 0.15) is 43.2 Å². The number of fused-ring (bicyclic) bond motifs is 2. The number of aromatic nitrogens is 6. The van der Waals surface area contributed by atoms with Gasteiger partial charge < -0.3 is 9.51 Å². The van der Waals surface area contributed by atoms with Gasteiger partial charge in [-0.15, -0.1) is 5.10 Å². The van der Waals surface area contributed by atoms with Gasteiger partial charge in [-0.3, -0.25) is 0 Å². The summed E-state index contributed by atoms with van der Waals surface area (Å²) in [4.78, 5) is 7.92. The lowest BCUT2D eigenvalue weighted by atomic mass is 10.1. The third-order valence-electron chi connectivity index (χ3n) is 6.15. The molecule has 7 nitrogen and oxygen atoms in total. The van der Waals surface area contributed by atoms with E-state index >= 15 is 0 Å². The third-order valence-corrected chi connectivity index (χ3v) is 6.15. The lowest BCUT2D eigenvalue weighted by Gasteiger charge is -2.09. The number of hydrogen-bond acceptors (Lipinski definition) is 5. The second kappa shape index (κ2) is 7.09. The van der Waals surface area contributed by atoms with Crippen LogP contribution in [-0.2, 0) is 12.8 Å². The number of aromatic amines is 1. The Labute approximate surface area is 173 Å². The lowest BCUT2D eigenvalue weighted by molar-refractivity contribution is 0.379. The van der Waals surface area contributed by atoms with Crippen molar-refractivity contribution in [3.63, 3.8) is 0 Å². The summed E-state index contributed by atoms with van der Waals surface area (Å²) in [5.74, 6) is 1.24. The summed E-state index contributed by atoms with van der Waals surface area (Å²) >= 11 is 0. The Morgan fingerprint density at radius 1 is 1.07 bits per heavy atom. The first-order valence-corrected chi connectivity index (χ1v) is 10.6. The summed E-state index contributed by atoms with van der Waals surface area (Å²) in [6, 6.07) is 14.9. The molecule has 2 aromatic carbocycles. The van der Waals surface area contributed by atoms with Crippen LogP contribution < -0.4 is 0 Å². The van der Waals surface area contributed by atoms with E-state index in [0.29, 0.717) is 24.2 Å². The summed E-state index contributed by atoms with van der Waals surface area (Å²) in [7, 11) is 0. The molecule has 1 N–H and O–H groups in total. The average Bonchev–Trinajstić information content (AvgIpc) is 3.58. The molecule has 150 valence electrons. The summed E-state index contributed by atoms with van der Waals surface area (Å²) in [5, 5.41) is 14.2. The Balaban J connectivity index is 1.22. The Morgan fingerprint density at radius 3 is 2.90 bits per heavy atom. The maximum absolute atomic E-state index is 5.52. The standard InChI is InChI=1S/C23H22N6O/c1-2-6-17(5-1)29-21-11-9-15(13-20(21)26-28-29)23-25-22(30-27-23)12-10-16-14-24-19-8-4-3-7-18(16)19/h3-4,7-9,11,13-14,17,24H,1-2,5-6,10,12H2. The van der Waals surface area contributed by atoms with Crippen LogP contribution in [0, 0.1) is 0 Å². The van der Waals surface area contributed by atoms with Crippen LogP contribution in [0.5, 0.6) is 0 Å². The van der Waals surface area contributed by atoms with Gasteiger partial charge in [-0.2, -0.15) is 4.98 Å². The van der Waals surface area contributed by atoms with Gasteiger partial charge in [0.05, 0.1) is 11.6 Å². The summed E-state index contributed by atoms with van der Waals surface area (Å²) in [6.45, 7) is 0. The monoisotopic (exact) mass is 398 g/mol. The minimum Gasteiger partial charge on any atom is -0.361 e. The molecular weight excluding hydrogens is 376 g/mol. The molecule has 0 unspecified atom stereocenters. The predicted octanol–water partition coefficient (Wildman–Crippen LogP) is 4.86. The Morgan fingerprint density at radius 2 is 1.97 bits per heavy atom. The fourth-order valence-electron chi connectivity index (χ4n) is 4.55. The highest BCUT2D eigenvalue weighted by Crippen LogP contribution is 2.32. The van der Waals surface area contributed by atoms with Crippen molar-refractivity contribution >= 4 is 21.9 Å². The van der Waals surface area contributed by atoms with Gasteiger partial charge in [0.25, 0.3) is 0 Å². The quantitative estimate of drug-likeness (QED) is 0.457. The van der Waals surface area contributed by atoms with Crippen LogP contribution in [0.25, 0.3) is 33.3 Å². The topological polar surface area (TPSA) is 85.4 Å². The molecule has 0 radical (unpaired) electrons. The molecule has 0 aliphatic heterocycles. The summed E-state index contributed by atoms with van der Waals surface area (Å²) in [5.41, 5.74) is 5.27. The van der Waals surface area contributed by atoms with Crippen LogP contribution in [-0.4, -0.2) is 30.1 Å². The van der Waals surface area contributed by atoms with Crippen molar-refractivity contribution < 1.29 is 4.52 Å². The number of nitrogens with one attached hydrogen (secondary N) is 1. The van der Waals surface area contributed by atoms with Crippen molar-refractivity contribution in [1.29, 1.82) is 0 Å². The SMILES string of the molecule is c1ccc2c(CCc3nc(-c4ccc5c(c4)nnn5C4CCCC4)no3)c[nH]c2c1. The van der Waals surface area contributed by atoms with Crippen LogP contribution in [0.4, 0.5) is 0 Å². The van der Waals surface area contributed by atoms with Crippen molar-refractivity contribution in [3.8, 4) is 11.4 Å². The molecule has 6 rings (SSSR count). The van der Waals surface area contributed by atoms with E-state index in [9.17, 15) is 0 Å². The smallest absolute Gasteiger partial charge is 0.227 e. The minimum atomic E-state index is 0.474. The van der Waals surface area contributed by atoms with Gasteiger partial charge in [0.1, 0.15) is 5.52 Å². The van der Waals surface area contributed by atoms with Crippen molar-refractivity contribution in [2.24, 2.45) is 0 Å². The molecule has 7 heteroatoms. The van der Waals surface area contributed by atoms with Gasteiger partial charge in [-0.05, 0) is 49.1 Å². The highest BCUT2D eigenvalue weighted by Gasteiger charge is 2.20. The fourth-order valence-corrected chi connectivity index (χ4v) is 4.55. The second-order valence-electron chi connectivity index (χ2n) is 8.05. The molecule has 3 aromatic heterocycles. The molecule has 30 heavy (non-hydrogen) atoms. The Kier molecular flexibility index (Phi) is 4.11. The first kappa shape index (κ1) is 17.4. The lowest BCUT2D eigenvalue weighted by Crippen LogP contribution is -2.06. The molecule has 3 heterocycles. The van der Waals surface area contributed by atoms with Gasteiger partial charge in [0.2, 0.25) is 11.7 Å². The number of hydrogen-bond donors (Lipinski definition) is 1. The number of aryl methyl sites for hydroxylation is 2. The number of H-pyrrole nitrogens is 1. The van der Waals surface area contributed by atoms with E-state index < -0.39 is 0 Å². The molecule has 1 aliphatic carbocycles. The number of para-hydroxylation sites is 1. The number of rotatable bonds is 5. The maximum atomic E-state index is 5.52. The van der Waals surface area contributed by atoms with Crippen molar-refractivity contribution in [2.45, 2.75) is 44.6 Å². The highest BCUT2D eigenvalue weighted by molar-refractivity contribution is 5.83. The highest BCUT2D eigenvalue weighted by atomic mass is 16.5. The van der Waals surface area contributed by atoms with Crippen LogP contribution in [0.2, 0.25) is 0 Å². The van der Waals surface area contributed by atoms with E-state index in [1.54, 1.807) is 0 Å². The zero-order chi connectivity index (χ0) is 19.9. The van der Waals surface area contributed by atoms with Gasteiger partial charge in [0, 0.05) is 29.1 Å². The van der Waals surface area contributed by atoms with E-state index in [1.165, 1.54) is 36.6 Å². The fraction of sp³-hybridized carbons (Fsp3) is 0.304. The zero-order valence-electron chi connectivity index (χ0n) is 16.6. The third kappa shape index (κ3) is 2.98. The minimum absolute atomic E-state index is 0.474. The largest absolute Gasteiger partial charge is 0.361 e. The average molecular weight is 398 g/mol. The first-order chi connectivity index (χ1) is 14.8. The maximum Gasteiger partial charge on any atom is 0.227 e. The molecule has 1 fully saturated rings. The second-order valence-corrected chi connectivity index (χ2v) is 8.05. The summed E-state index contributed by atoms with van der Waals surface area (Å²) in [6.07, 6.45) is 8.52. The van der Waals surface area contributed by atoms with Crippen molar-refractivity contribution in [2.75, 3.05) is 0 Å². The van der Waals surface area contributed by atoms with E-state index in [2.05, 4.69) is 60.6 Å². The first-order valence-electron chi connectivity index (χ1n) is 10.6. The van der Waals surface area contributed by atoms with E-state index in [4.69, 9.17) is 4.52 Å². The van der Waals surface area contributed by atoms with Crippen LogP contribution >= 0.6 is 0 Å². The van der Waals surface area contributed by atoms with Gasteiger partial charge >= 0.3 is 0 Å². The van der Waals surface area contributed by atoms with Crippen LogP contribution in [0.3, 0.4) is 0 Å². The Bertz CT molecular complexity index is 1320. The number of benzene rings is 2. The van der Waals surface area contributed by atoms with E-state index in [-0.39, 0.29) is 0 Å². The van der Waals surface area contributed by atoms with E-state index in [1.807, 2.05) is 18.2 Å². The summed E-state index contributed by atoms with van der Waals surface area (Å²) < 4.78 is 7.59. The number of nitrogens with zero attached hydrogens (tertiary/aromatic N) is 5. The molecule has 1 aliphatic rings. The van der Waals surface area contributed by atoms with Crippen molar-refractivity contribution in [1.82, 2.24) is 30.1 Å². The van der Waals surface area contributed by atoms with Gasteiger partial charge in [-0.1, -0.05) is 41.4 Å². The van der Waals surface area contributed by atoms with Gasteiger partial charge in [0.15, 0.2) is 0 Å². The molecule has 5 aromatic rings. The molecule has 0 bridgehead atoms. The van der Waals surface area contributed by atoms with E-state index in [0.717, 1.165) is 28.5 Å². The normalized spacial score (nSPS) is 14.9. The zero-order valence-corrected chi connectivity index (χ0v) is 16.6. The molecule has 0 saturated heterocycles. The van der Waals surface area contributed by atoms with Crippen molar-refractivity contribution in [3.05, 3.63) is 60.1 Å². The van der Waals surface area contributed by atoms with Crippen LogP contribution in [0.15, 0.2) is 53.2 Å². The molecule has 0 atom stereocenters. The van der Waals surface area contributed by atoms with Gasteiger partial charge in [-0.25, -0.2) is 4.68 Å². The Hall–Kier alpha value is -3.48. The molecule has 0 amide bonds.